The Bertz CT molecular complexity index is 848. The first-order valence-electron chi connectivity index (χ1n) is 6.50. The van der Waals surface area contributed by atoms with E-state index in [2.05, 4.69) is 21.8 Å². The molecule has 1 aromatic carbocycles. The Morgan fingerprint density at radius 2 is 2.00 bits per heavy atom. The van der Waals surface area contributed by atoms with E-state index in [1.54, 1.807) is 18.4 Å². The number of hydrogen-bond donors (Lipinski definition) is 1. The monoisotopic (exact) mass is 322 g/mol. The van der Waals surface area contributed by atoms with Crippen LogP contribution in [0.2, 0.25) is 5.02 Å². The maximum absolute atomic E-state index is 12.8. The molecule has 0 saturated carbocycles. The first kappa shape index (κ1) is 14.7. The van der Waals surface area contributed by atoms with Gasteiger partial charge in [-0.1, -0.05) is 23.4 Å². The summed E-state index contributed by atoms with van der Waals surface area (Å²) in [6, 6.07) is 4.23. The Morgan fingerprint density at radius 3 is 2.77 bits per heavy atom. The van der Waals surface area contributed by atoms with Gasteiger partial charge in [-0.3, -0.25) is 4.99 Å². The van der Waals surface area contributed by atoms with Gasteiger partial charge in [-0.25, -0.2) is 0 Å². The van der Waals surface area contributed by atoms with Crippen molar-refractivity contribution in [3.8, 4) is 11.8 Å². The van der Waals surface area contributed by atoms with Crippen LogP contribution in [0.5, 0.6) is 0 Å². The van der Waals surface area contributed by atoms with Crippen molar-refractivity contribution >= 4 is 34.3 Å². The molecule has 0 radical (unpaired) electrons. The topological polar surface area (TPSA) is 28.1 Å². The van der Waals surface area contributed by atoms with Crippen LogP contribution in [0.25, 0.3) is 16.5 Å². The predicted octanol–water partition coefficient (Wildman–Crippen LogP) is 4.70. The summed E-state index contributed by atoms with van der Waals surface area (Å²) in [5.41, 5.74) is 1.07. The average Bonchev–Trinajstić information content (AvgIpc) is 2.80. The van der Waals surface area contributed by atoms with Crippen LogP contribution in [0.15, 0.2) is 29.3 Å². The third-order valence-corrected chi connectivity index (χ3v) is 3.63. The molecule has 2 heterocycles. The highest BCUT2D eigenvalue weighted by molar-refractivity contribution is 6.33. The van der Waals surface area contributed by atoms with Gasteiger partial charge in [0, 0.05) is 23.5 Å². The SMILES string of the molecule is FC(F)(F)c1cc2cc(/C3=C/C=N\CC#CC3)c(Cl)cc2[nH]1. The molecule has 1 aromatic heterocycles. The predicted molar refractivity (Wildman–Crippen MR) is 82.0 cm³/mol. The number of aromatic nitrogens is 1. The fourth-order valence-electron chi connectivity index (χ4n) is 2.25. The van der Waals surface area contributed by atoms with E-state index >= 15 is 0 Å². The molecule has 2 aromatic rings. The molecular formula is C16H10ClF3N2. The van der Waals surface area contributed by atoms with Gasteiger partial charge in [0.2, 0.25) is 0 Å². The summed E-state index contributed by atoms with van der Waals surface area (Å²) < 4.78 is 38.3. The van der Waals surface area contributed by atoms with E-state index in [0.717, 1.165) is 11.6 Å². The van der Waals surface area contributed by atoms with E-state index in [1.807, 2.05) is 0 Å². The number of aromatic amines is 1. The smallest absolute Gasteiger partial charge is 0.351 e. The van der Waals surface area contributed by atoms with Crippen LogP contribution >= 0.6 is 11.6 Å². The first-order valence-corrected chi connectivity index (χ1v) is 6.87. The zero-order valence-corrected chi connectivity index (χ0v) is 12.0. The number of nitrogens with one attached hydrogen (secondary N) is 1. The van der Waals surface area contributed by atoms with Crippen molar-refractivity contribution < 1.29 is 13.2 Å². The number of allylic oxidation sites excluding steroid dienone is 2. The molecule has 1 aliphatic rings. The highest BCUT2D eigenvalue weighted by atomic mass is 35.5. The Labute approximate surface area is 129 Å². The minimum atomic E-state index is -4.41. The Balaban J connectivity index is 2.11. The number of benzene rings is 1. The van der Waals surface area contributed by atoms with E-state index in [0.29, 0.717) is 34.5 Å². The fourth-order valence-corrected chi connectivity index (χ4v) is 2.54. The molecular weight excluding hydrogens is 313 g/mol. The van der Waals surface area contributed by atoms with Gasteiger partial charge in [-0.2, -0.15) is 13.2 Å². The van der Waals surface area contributed by atoms with Gasteiger partial charge < -0.3 is 4.98 Å². The largest absolute Gasteiger partial charge is 0.431 e. The molecule has 0 atom stereocenters. The van der Waals surface area contributed by atoms with Gasteiger partial charge in [0.1, 0.15) is 5.69 Å². The van der Waals surface area contributed by atoms with Crippen molar-refractivity contribution in [3.05, 3.63) is 40.6 Å². The lowest BCUT2D eigenvalue weighted by molar-refractivity contribution is -0.140. The number of nitrogens with zero attached hydrogens (tertiary/aromatic N) is 1. The molecule has 3 rings (SSSR count). The summed E-state index contributed by atoms with van der Waals surface area (Å²) >= 11 is 6.22. The summed E-state index contributed by atoms with van der Waals surface area (Å²) in [6.07, 6.45) is -0.503. The van der Waals surface area contributed by atoms with Crippen LogP contribution in [0.1, 0.15) is 17.7 Å². The second-order valence-electron chi connectivity index (χ2n) is 4.81. The Morgan fingerprint density at radius 1 is 1.18 bits per heavy atom. The lowest BCUT2D eigenvalue weighted by atomic mass is 10.0. The lowest BCUT2D eigenvalue weighted by Crippen LogP contribution is -2.04. The Hall–Kier alpha value is -2.19. The molecule has 2 nitrogen and oxygen atoms in total. The summed E-state index contributed by atoms with van der Waals surface area (Å²) in [4.78, 5) is 6.41. The maximum Gasteiger partial charge on any atom is 0.431 e. The van der Waals surface area contributed by atoms with Gasteiger partial charge in [-0.15, -0.1) is 0 Å². The minimum Gasteiger partial charge on any atom is -0.351 e. The Kier molecular flexibility index (Phi) is 3.71. The van der Waals surface area contributed by atoms with Gasteiger partial charge in [0.05, 0.1) is 11.6 Å². The van der Waals surface area contributed by atoms with Crippen LogP contribution in [0.4, 0.5) is 13.2 Å². The summed E-state index contributed by atoms with van der Waals surface area (Å²) in [5, 5.41) is 0.838. The van der Waals surface area contributed by atoms with Crippen molar-refractivity contribution in [3.63, 3.8) is 0 Å². The highest BCUT2D eigenvalue weighted by Crippen LogP contribution is 2.35. The summed E-state index contributed by atoms with van der Waals surface area (Å²) in [5.74, 6) is 5.84. The standard InChI is InChI=1S/C16H10ClF3N2/c17-13-9-14-11(8-15(22-14)16(18,19)20)7-12(13)10-3-1-2-5-21-6-4-10/h4,6-9,22H,3,5H2/b10-4+,21-6-. The van der Waals surface area contributed by atoms with Gasteiger partial charge in [-0.05, 0) is 35.4 Å². The zero-order chi connectivity index (χ0) is 15.7. The number of rotatable bonds is 1. The number of hydrogen-bond acceptors (Lipinski definition) is 1. The van der Waals surface area contributed by atoms with Crippen LogP contribution < -0.4 is 0 Å². The van der Waals surface area contributed by atoms with Crippen molar-refractivity contribution in [2.45, 2.75) is 12.6 Å². The summed E-state index contributed by atoms with van der Waals surface area (Å²) in [6.45, 7) is 0.448. The van der Waals surface area contributed by atoms with Crippen molar-refractivity contribution in [1.82, 2.24) is 4.98 Å². The first-order chi connectivity index (χ1) is 10.4. The van der Waals surface area contributed by atoms with Crippen molar-refractivity contribution in [1.29, 1.82) is 0 Å². The number of aliphatic imine (C=N–C) groups is 1. The van der Waals surface area contributed by atoms with E-state index in [1.165, 1.54) is 6.07 Å². The average molecular weight is 323 g/mol. The van der Waals surface area contributed by atoms with Gasteiger partial charge >= 0.3 is 6.18 Å². The fraction of sp³-hybridized carbons (Fsp3) is 0.188. The van der Waals surface area contributed by atoms with E-state index < -0.39 is 11.9 Å². The van der Waals surface area contributed by atoms with Gasteiger partial charge in [0.25, 0.3) is 0 Å². The molecule has 0 unspecified atom stereocenters. The van der Waals surface area contributed by atoms with Crippen LogP contribution in [0, 0.1) is 11.8 Å². The van der Waals surface area contributed by atoms with Crippen LogP contribution in [0.3, 0.4) is 0 Å². The second-order valence-corrected chi connectivity index (χ2v) is 5.22. The minimum absolute atomic E-state index is 0.354. The van der Waals surface area contributed by atoms with Crippen molar-refractivity contribution in [2.75, 3.05) is 6.54 Å². The normalized spacial score (nSPS) is 18.8. The quantitative estimate of drug-likeness (QED) is 0.737. The second kappa shape index (κ2) is 5.54. The molecule has 0 saturated heterocycles. The molecule has 6 heteroatoms. The molecule has 0 fully saturated rings. The molecule has 0 spiro atoms. The van der Waals surface area contributed by atoms with E-state index in [-0.39, 0.29) is 0 Å². The van der Waals surface area contributed by atoms with Crippen LogP contribution in [-0.2, 0) is 6.18 Å². The van der Waals surface area contributed by atoms with Gasteiger partial charge in [0.15, 0.2) is 0 Å². The molecule has 1 aliphatic heterocycles. The lowest BCUT2D eigenvalue weighted by Gasteiger charge is -2.07. The molecule has 0 aliphatic carbocycles. The molecule has 0 amide bonds. The molecule has 22 heavy (non-hydrogen) atoms. The third kappa shape index (κ3) is 2.88. The highest BCUT2D eigenvalue weighted by Gasteiger charge is 2.32. The molecule has 0 bridgehead atoms. The zero-order valence-electron chi connectivity index (χ0n) is 11.3. The molecule has 112 valence electrons. The summed E-state index contributed by atoms with van der Waals surface area (Å²) in [7, 11) is 0. The number of H-pyrrole nitrogens is 1. The van der Waals surface area contributed by atoms with E-state index in [9.17, 15) is 13.2 Å². The van der Waals surface area contributed by atoms with Crippen molar-refractivity contribution in [2.24, 2.45) is 4.99 Å². The number of alkyl halides is 3. The number of fused-ring (bicyclic) bond motifs is 1. The molecule has 1 N–H and O–H groups in total. The van der Waals surface area contributed by atoms with Crippen LogP contribution in [-0.4, -0.2) is 17.7 Å². The maximum atomic E-state index is 12.8. The third-order valence-electron chi connectivity index (χ3n) is 3.32. The van der Waals surface area contributed by atoms with E-state index in [4.69, 9.17) is 11.6 Å². The number of halogens is 4.